The zero-order chi connectivity index (χ0) is 14.5. The van der Waals surface area contributed by atoms with E-state index in [1.807, 2.05) is 6.92 Å². The summed E-state index contributed by atoms with van der Waals surface area (Å²) in [6.45, 7) is 2.71. The number of hydrogen-bond acceptors (Lipinski definition) is 4. The Hall–Kier alpha value is -1.95. The highest BCUT2D eigenvalue weighted by atomic mass is 35.5. The van der Waals surface area contributed by atoms with Gasteiger partial charge in [-0.3, -0.25) is 0 Å². The minimum absolute atomic E-state index is 0.0351. The first-order chi connectivity index (χ1) is 9.61. The summed E-state index contributed by atoms with van der Waals surface area (Å²) in [6.07, 6.45) is 2.30. The number of benzene rings is 1. The van der Waals surface area contributed by atoms with Crippen LogP contribution in [0.2, 0.25) is 5.02 Å². The van der Waals surface area contributed by atoms with Crippen molar-refractivity contribution in [3.63, 3.8) is 0 Å². The van der Waals surface area contributed by atoms with Gasteiger partial charge in [0.05, 0.1) is 11.9 Å². The second-order valence-electron chi connectivity index (χ2n) is 4.04. The highest BCUT2D eigenvalue weighted by Gasteiger charge is 2.11. The summed E-state index contributed by atoms with van der Waals surface area (Å²) in [7, 11) is 0. The number of halogens is 3. The van der Waals surface area contributed by atoms with E-state index in [9.17, 15) is 8.78 Å². The maximum Gasteiger partial charge on any atom is 0.224 e. The highest BCUT2D eigenvalue weighted by Crippen LogP contribution is 2.26. The quantitative estimate of drug-likeness (QED) is 0.877. The summed E-state index contributed by atoms with van der Waals surface area (Å²) in [6, 6.07) is 3.83. The predicted octanol–water partition coefficient (Wildman–Crippen LogP) is 3.97. The zero-order valence-corrected chi connectivity index (χ0v) is 11.5. The number of nitrogens with zero attached hydrogens (tertiary/aromatic N) is 2. The normalized spacial score (nSPS) is 10.4. The van der Waals surface area contributed by atoms with Gasteiger partial charge in [0.1, 0.15) is 5.02 Å². The minimum Gasteiger partial charge on any atom is -0.354 e. The molecule has 0 fully saturated rings. The molecule has 0 atom stereocenters. The molecule has 0 bridgehead atoms. The third-order valence-electron chi connectivity index (χ3n) is 2.48. The lowest BCUT2D eigenvalue weighted by Crippen LogP contribution is -2.06. The van der Waals surface area contributed by atoms with E-state index in [2.05, 4.69) is 20.6 Å². The van der Waals surface area contributed by atoms with Crippen LogP contribution < -0.4 is 10.6 Å². The fraction of sp³-hybridized carbons (Fsp3) is 0.231. The number of hydrogen-bond donors (Lipinski definition) is 2. The second-order valence-corrected chi connectivity index (χ2v) is 4.45. The van der Waals surface area contributed by atoms with Gasteiger partial charge in [-0.15, -0.1) is 0 Å². The number of nitrogens with one attached hydrogen (secondary N) is 2. The molecule has 1 aromatic carbocycles. The fourth-order valence-electron chi connectivity index (χ4n) is 1.50. The molecule has 0 amide bonds. The number of anilines is 3. The molecule has 2 aromatic rings. The van der Waals surface area contributed by atoms with Crippen LogP contribution in [-0.2, 0) is 0 Å². The van der Waals surface area contributed by atoms with Crippen LogP contribution >= 0.6 is 11.6 Å². The predicted molar refractivity (Wildman–Crippen MR) is 75.5 cm³/mol. The molecule has 0 spiro atoms. The van der Waals surface area contributed by atoms with Crippen molar-refractivity contribution in [3.05, 3.63) is 41.1 Å². The van der Waals surface area contributed by atoms with Crippen LogP contribution in [0.1, 0.15) is 13.3 Å². The molecule has 0 unspecified atom stereocenters. The number of rotatable bonds is 5. The molecule has 0 saturated carbocycles. The van der Waals surface area contributed by atoms with E-state index in [1.165, 1.54) is 18.3 Å². The van der Waals surface area contributed by atoms with Crippen molar-refractivity contribution in [1.29, 1.82) is 0 Å². The molecule has 106 valence electrons. The molecule has 20 heavy (non-hydrogen) atoms. The Labute approximate surface area is 120 Å². The van der Waals surface area contributed by atoms with Crippen LogP contribution in [0.4, 0.5) is 26.2 Å². The zero-order valence-electron chi connectivity index (χ0n) is 10.8. The molecule has 0 aliphatic carbocycles. The lowest BCUT2D eigenvalue weighted by atomic mass is 10.3. The summed E-state index contributed by atoms with van der Waals surface area (Å²) in [5, 5.41) is 5.86. The maximum atomic E-state index is 13.6. The standard InChI is InChI=1S/C13H13ClF2N4/c1-2-6-17-13-18-7-8(14)12(20-13)19-10-5-3-4-9(15)11(10)16/h3-5,7H,2,6H2,1H3,(H2,17,18,19,20). The monoisotopic (exact) mass is 298 g/mol. The molecule has 2 N–H and O–H groups in total. The van der Waals surface area contributed by atoms with E-state index in [0.29, 0.717) is 12.5 Å². The molecule has 1 heterocycles. The first-order valence-electron chi connectivity index (χ1n) is 6.09. The van der Waals surface area contributed by atoms with Crippen LogP contribution in [0.25, 0.3) is 0 Å². The van der Waals surface area contributed by atoms with Crippen LogP contribution in [0, 0.1) is 11.6 Å². The molecular weight excluding hydrogens is 286 g/mol. The Morgan fingerprint density at radius 3 is 2.85 bits per heavy atom. The third-order valence-corrected chi connectivity index (χ3v) is 2.76. The first kappa shape index (κ1) is 14.5. The number of aromatic nitrogens is 2. The average molecular weight is 299 g/mol. The Morgan fingerprint density at radius 1 is 1.30 bits per heavy atom. The molecule has 0 aliphatic heterocycles. The molecule has 2 rings (SSSR count). The topological polar surface area (TPSA) is 49.8 Å². The van der Waals surface area contributed by atoms with Gasteiger partial charge in [-0.25, -0.2) is 13.8 Å². The van der Waals surface area contributed by atoms with Gasteiger partial charge in [-0.2, -0.15) is 4.98 Å². The van der Waals surface area contributed by atoms with Crippen LogP contribution in [0.15, 0.2) is 24.4 Å². The summed E-state index contributed by atoms with van der Waals surface area (Å²) < 4.78 is 26.7. The smallest absolute Gasteiger partial charge is 0.224 e. The Balaban J connectivity index is 2.26. The van der Waals surface area contributed by atoms with Crippen molar-refractivity contribution in [2.24, 2.45) is 0 Å². The van der Waals surface area contributed by atoms with Crippen molar-refractivity contribution in [2.75, 3.05) is 17.2 Å². The van der Waals surface area contributed by atoms with E-state index in [4.69, 9.17) is 11.6 Å². The van der Waals surface area contributed by atoms with E-state index in [0.717, 1.165) is 12.5 Å². The molecular formula is C13H13ClF2N4. The Bertz CT molecular complexity index is 607. The van der Waals surface area contributed by atoms with Crippen molar-refractivity contribution in [1.82, 2.24) is 9.97 Å². The Kier molecular flexibility index (Phi) is 4.68. The second kappa shape index (κ2) is 6.47. The average Bonchev–Trinajstić information content (AvgIpc) is 2.44. The van der Waals surface area contributed by atoms with Crippen molar-refractivity contribution in [3.8, 4) is 0 Å². The van der Waals surface area contributed by atoms with Crippen LogP contribution in [0.5, 0.6) is 0 Å². The van der Waals surface area contributed by atoms with Crippen molar-refractivity contribution in [2.45, 2.75) is 13.3 Å². The minimum atomic E-state index is -0.981. The van der Waals surface area contributed by atoms with E-state index < -0.39 is 11.6 Å². The molecule has 0 saturated heterocycles. The molecule has 0 radical (unpaired) electrons. The third kappa shape index (κ3) is 3.33. The molecule has 4 nitrogen and oxygen atoms in total. The van der Waals surface area contributed by atoms with Gasteiger partial charge in [-0.05, 0) is 18.6 Å². The lowest BCUT2D eigenvalue weighted by Gasteiger charge is -2.10. The van der Waals surface area contributed by atoms with E-state index in [-0.39, 0.29) is 16.5 Å². The van der Waals surface area contributed by atoms with E-state index >= 15 is 0 Å². The Morgan fingerprint density at radius 2 is 2.10 bits per heavy atom. The summed E-state index contributed by atoms with van der Waals surface area (Å²) in [5.74, 6) is -1.34. The highest BCUT2D eigenvalue weighted by molar-refractivity contribution is 6.32. The van der Waals surface area contributed by atoms with E-state index in [1.54, 1.807) is 0 Å². The lowest BCUT2D eigenvalue weighted by molar-refractivity contribution is 0.511. The molecule has 0 aliphatic rings. The maximum absolute atomic E-state index is 13.6. The van der Waals surface area contributed by atoms with Gasteiger partial charge in [0.25, 0.3) is 0 Å². The van der Waals surface area contributed by atoms with Crippen molar-refractivity contribution < 1.29 is 8.78 Å². The summed E-state index contributed by atoms with van der Waals surface area (Å²) >= 11 is 5.94. The van der Waals surface area contributed by atoms with Gasteiger partial charge in [0, 0.05) is 6.54 Å². The SMILES string of the molecule is CCCNc1ncc(Cl)c(Nc2cccc(F)c2F)n1. The van der Waals surface area contributed by atoms with Crippen molar-refractivity contribution >= 4 is 29.1 Å². The van der Waals surface area contributed by atoms with Gasteiger partial charge in [0.2, 0.25) is 5.95 Å². The summed E-state index contributed by atoms with van der Waals surface area (Å²) in [5.41, 5.74) is -0.0351. The largest absolute Gasteiger partial charge is 0.354 e. The van der Waals surface area contributed by atoms with Gasteiger partial charge in [0.15, 0.2) is 17.5 Å². The summed E-state index contributed by atoms with van der Waals surface area (Å²) in [4.78, 5) is 8.12. The fourth-order valence-corrected chi connectivity index (χ4v) is 1.64. The van der Waals surface area contributed by atoms with Gasteiger partial charge >= 0.3 is 0 Å². The van der Waals surface area contributed by atoms with Crippen LogP contribution in [0.3, 0.4) is 0 Å². The van der Waals surface area contributed by atoms with Crippen LogP contribution in [-0.4, -0.2) is 16.5 Å². The first-order valence-corrected chi connectivity index (χ1v) is 6.47. The molecule has 7 heteroatoms. The van der Waals surface area contributed by atoms with Gasteiger partial charge < -0.3 is 10.6 Å². The molecule has 1 aromatic heterocycles. The van der Waals surface area contributed by atoms with Gasteiger partial charge in [-0.1, -0.05) is 24.6 Å².